The number of nitrogens with one attached hydrogen (secondary N) is 1. The second-order valence-electron chi connectivity index (χ2n) is 13.8. The summed E-state index contributed by atoms with van der Waals surface area (Å²) in [5, 5.41) is 3.52. The van der Waals surface area contributed by atoms with Gasteiger partial charge in [0.05, 0.1) is 11.7 Å². The number of carbonyl (C=O) groups is 2. The highest BCUT2D eigenvalue weighted by Gasteiger charge is 2.39. The molecule has 4 heterocycles. The highest BCUT2D eigenvalue weighted by atomic mass is 79.9. The number of piperidine rings is 2. The monoisotopic (exact) mass is 698 g/mol. The Bertz CT molecular complexity index is 1320. The fourth-order valence-electron chi connectivity index (χ4n) is 8.20. The van der Waals surface area contributed by atoms with Gasteiger partial charge in [0.25, 0.3) is 0 Å². The van der Waals surface area contributed by atoms with E-state index in [0.29, 0.717) is 30.2 Å². The van der Waals surface area contributed by atoms with Crippen molar-refractivity contribution in [2.24, 2.45) is 11.8 Å². The van der Waals surface area contributed by atoms with E-state index in [2.05, 4.69) is 68.0 Å². The van der Waals surface area contributed by atoms with Crippen LogP contribution in [0.5, 0.6) is 0 Å². The number of hydrogen-bond donors (Lipinski definition) is 1. The zero-order valence-electron chi connectivity index (χ0n) is 27.0. The molecule has 3 aliphatic heterocycles. The Labute approximate surface area is 282 Å². The molecule has 8 nitrogen and oxygen atoms in total. The minimum absolute atomic E-state index is 0.0136. The Morgan fingerprint density at radius 3 is 2.42 bits per heavy atom. The molecule has 3 fully saturated rings. The lowest BCUT2D eigenvalue weighted by Gasteiger charge is -2.48. The van der Waals surface area contributed by atoms with Crippen LogP contribution in [0.15, 0.2) is 34.9 Å². The SMILES string of the molecule is CNC(=O)N1CCC(CC(=O)N2CCN(C3CCN(C4c5ccc(Cl)cc5CCc5cc(Br)cnc54)CC3)CC2C(C)C)CC1. The molecule has 0 radical (unpaired) electrons. The first-order chi connectivity index (χ1) is 21.7. The maximum atomic E-state index is 13.6. The maximum absolute atomic E-state index is 13.6. The molecule has 3 amide bonds. The van der Waals surface area contributed by atoms with Gasteiger partial charge in [0.2, 0.25) is 5.91 Å². The molecular weight excluding hydrogens is 652 g/mol. The fraction of sp³-hybridized carbons (Fsp3) is 0.629. The van der Waals surface area contributed by atoms with E-state index in [1.165, 1.54) is 22.4 Å². The van der Waals surface area contributed by atoms with Crippen molar-refractivity contribution < 1.29 is 9.59 Å². The number of amides is 3. The Balaban J connectivity index is 1.09. The van der Waals surface area contributed by atoms with Crippen LogP contribution in [-0.4, -0.2) is 101 Å². The number of benzene rings is 1. The van der Waals surface area contributed by atoms with Crippen LogP contribution in [0.2, 0.25) is 5.02 Å². The zero-order chi connectivity index (χ0) is 31.7. The van der Waals surface area contributed by atoms with Crippen molar-refractivity contribution in [1.29, 1.82) is 0 Å². The molecular formula is C35H48BrClN6O2. The van der Waals surface area contributed by atoms with Gasteiger partial charge in [-0.15, -0.1) is 0 Å². The van der Waals surface area contributed by atoms with Crippen LogP contribution in [0.25, 0.3) is 0 Å². The van der Waals surface area contributed by atoms with E-state index in [-0.39, 0.29) is 18.1 Å². The number of nitrogens with zero attached hydrogens (tertiary/aromatic N) is 5. The van der Waals surface area contributed by atoms with Crippen molar-refractivity contribution in [3.63, 3.8) is 0 Å². The molecule has 6 rings (SSSR count). The van der Waals surface area contributed by atoms with Gasteiger partial charge in [-0.25, -0.2) is 4.79 Å². The van der Waals surface area contributed by atoms with Crippen molar-refractivity contribution in [3.8, 4) is 0 Å². The van der Waals surface area contributed by atoms with Crippen LogP contribution in [0.3, 0.4) is 0 Å². The quantitative estimate of drug-likeness (QED) is 0.430. The standard InChI is InChI=1S/C35H48BrClN6O2/c1-23(2)31-22-42(16-17-43(31)32(44)18-24-8-12-41(13-9-24)35(45)38-3)29-10-14-40(15-11-29)34-30-7-6-28(37)20-25(30)4-5-26-19-27(36)21-39-33(26)34/h6-7,19-21,23-24,29,31,34H,4-5,8-18,22H2,1-3H3,(H,38,45). The van der Waals surface area contributed by atoms with Crippen LogP contribution in [0.4, 0.5) is 4.79 Å². The number of aromatic nitrogens is 1. The Morgan fingerprint density at radius 1 is 0.978 bits per heavy atom. The Morgan fingerprint density at radius 2 is 1.71 bits per heavy atom. The molecule has 1 aromatic heterocycles. The van der Waals surface area contributed by atoms with Crippen molar-refractivity contribution in [2.75, 3.05) is 52.9 Å². The number of carbonyl (C=O) groups excluding carboxylic acids is 2. The topological polar surface area (TPSA) is 72.0 Å². The predicted molar refractivity (Wildman–Crippen MR) is 183 cm³/mol. The lowest BCUT2D eigenvalue weighted by atomic mass is 9.90. The molecule has 10 heteroatoms. The van der Waals surface area contributed by atoms with Gasteiger partial charge >= 0.3 is 6.03 Å². The molecule has 0 spiro atoms. The van der Waals surface area contributed by atoms with Gasteiger partial charge in [-0.3, -0.25) is 19.6 Å². The smallest absolute Gasteiger partial charge is 0.317 e. The maximum Gasteiger partial charge on any atom is 0.317 e. The third-order valence-corrected chi connectivity index (χ3v) is 11.5. The first-order valence-electron chi connectivity index (χ1n) is 16.9. The first kappa shape index (κ1) is 32.7. The van der Waals surface area contributed by atoms with Crippen LogP contribution < -0.4 is 5.32 Å². The number of pyridine rings is 1. The molecule has 0 saturated carbocycles. The van der Waals surface area contributed by atoms with Gasteiger partial charge in [0.1, 0.15) is 0 Å². The Hall–Kier alpha value is -2.20. The third kappa shape index (κ3) is 7.21. The number of likely N-dealkylation sites (tertiary alicyclic amines) is 2. The summed E-state index contributed by atoms with van der Waals surface area (Å²) in [5.41, 5.74) is 5.18. The summed E-state index contributed by atoms with van der Waals surface area (Å²) in [6.07, 6.45) is 8.53. The summed E-state index contributed by atoms with van der Waals surface area (Å²) in [7, 11) is 1.68. The summed E-state index contributed by atoms with van der Waals surface area (Å²) in [6, 6.07) is 9.55. The summed E-state index contributed by atoms with van der Waals surface area (Å²) < 4.78 is 1.03. The van der Waals surface area contributed by atoms with Gasteiger partial charge in [0, 0.05) is 87.1 Å². The van der Waals surface area contributed by atoms with Crippen LogP contribution in [0, 0.1) is 11.8 Å². The minimum atomic E-state index is -0.0136. The average Bonchev–Trinajstić information content (AvgIpc) is 3.20. The van der Waals surface area contributed by atoms with Gasteiger partial charge in [-0.05, 0) is 101 Å². The number of aryl methyl sites for hydroxylation is 2. The molecule has 2 atom stereocenters. The molecule has 1 N–H and O–H groups in total. The molecule has 2 aromatic rings. The molecule has 2 unspecified atom stereocenters. The van der Waals surface area contributed by atoms with Gasteiger partial charge < -0.3 is 15.1 Å². The molecule has 1 aliphatic carbocycles. The summed E-state index contributed by atoms with van der Waals surface area (Å²) >= 11 is 10.1. The van der Waals surface area contributed by atoms with Gasteiger partial charge in [0.15, 0.2) is 0 Å². The lowest BCUT2D eigenvalue weighted by molar-refractivity contribution is -0.139. The fourth-order valence-corrected chi connectivity index (χ4v) is 8.77. The molecule has 45 heavy (non-hydrogen) atoms. The third-order valence-electron chi connectivity index (χ3n) is 10.8. The van der Waals surface area contributed by atoms with Crippen molar-refractivity contribution in [3.05, 3.63) is 62.3 Å². The number of halogens is 2. The molecule has 3 saturated heterocycles. The molecule has 1 aromatic carbocycles. The van der Waals surface area contributed by atoms with Gasteiger partial charge in [-0.1, -0.05) is 31.5 Å². The summed E-state index contributed by atoms with van der Waals surface area (Å²) in [4.78, 5) is 40.0. The van der Waals surface area contributed by atoms with E-state index in [9.17, 15) is 9.59 Å². The number of urea groups is 1. The molecule has 244 valence electrons. The molecule has 0 bridgehead atoms. The van der Waals surface area contributed by atoms with Crippen molar-refractivity contribution in [1.82, 2.24) is 29.9 Å². The minimum Gasteiger partial charge on any atom is -0.341 e. The van der Waals surface area contributed by atoms with Crippen molar-refractivity contribution >= 4 is 39.5 Å². The normalized spacial score (nSPS) is 23.9. The lowest BCUT2D eigenvalue weighted by Crippen LogP contribution is -2.60. The van der Waals surface area contributed by atoms with E-state index in [1.54, 1.807) is 7.05 Å². The van der Waals surface area contributed by atoms with E-state index in [4.69, 9.17) is 16.6 Å². The highest BCUT2D eigenvalue weighted by molar-refractivity contribution is 9.10. The van der Waals surface area contributed by atoms with Crippen LogP contribution >= 0.6 is 27.5 Å². The van der Waals surface area contributed by atoms with Crippen molar-refractivity contribution in [2.45, 2.75) is 76.9 Å². The zero-order valence-corrected chi connectivity index (χ0v) is 29.3. The largest absolute Gasteiger partial charge is 0.341 e. The average molecular weight is 700 g/mol. The summed E-state index contributed by atoms with van der Waals surface area (Å²) in [5.74, 6) is 1.06. The predicted octanol–water partition coefficient (Wildman–Crippen LogP) is 5.76. The van der Waals surface area contributed by atoms with E-state index < -0.39 is 0 Å². The first-order valence-corrected chi connectivity index (χ1v) is 18.1. The number of piperazine rings is 1. The number of hydrogen-bond acceptors (Lipinski definition) is 5. The number of rotatable bonds is 5. The molecule has 4 aliphatic rings. The van der Waals surface area contributed by atoms with E-state index in [1.807, 2.05) is 17.2 Å². The van der Waals surface area contributed by atoms with Gasteiger partial charge in [-0.2, -0.15) is 0 Å². The second-order valence-corrected chi connectivity index (χ2v) is 15.1. The second kappa shape index (κ2) is 14.3. The highest BCUT2D eigenvalue weighted by Crippen LogP contribution is 2.39. The van der Waals surface area contributed by atoms with Crippen LogP contribution in [0.1, 0.15) is 74.4 Å². The van der Waals surface area contributed by atoms with E-state index in [0.717, 1.165) is 93.8 Å². The number of fused-ring (bicyclic) bond motifs is 2. The van der Waals surface area contributed by atoms with E-state index >= 15 is 0 Å². The van der Waals surface area contributed by atoms with Crippen LogP contribution in [-0.2, 0) is 17.6 Å². The summed E-state index contributed by atoms with van der Waals surface area (Å²) in [6.45, 7) is 10.7. The Kier molecular flexibility index (Phi) is 10.4.